The summed E-state index contributed by atoms with van der Waals surface area (Å²) in [5.74, 6) is 0. The first-order chi connectivity index (χ1) is 9.31. The standard InChI is InChI=1S/C16H21N3/c17-13-14-12-15(4-9-18-14)19-10-7-16(8-11-19)5-2-1-3-6-16/h4,9,12H,1-3,5-8,10-11H2. The Hall–Kier alpha value is -1.56. The number of nitriles is 1. The largest absolute Gasteiger partial charge is 0.371 e. The van der Waals surface area contributed by atoms with Gasteiger partial charge in [0.2, 0.25) is 0 Å². The second-order valence-corrected chi connectivity index (χ2v) is 6.06. The van der Waals surface area contributed by atoms with Crippen LogP contribution in [0.1, 0.15) is 50.6 Å². The van der Waals surface area contributed by atoms with E-state index in [1.807, 2.05) is 12.1 Å². The summed E-state index contributed by atoms with van der Waals surface area (Å²) in [7, 11) is 0. The van der Waals surface area contributed by atoms with Crippen LogP contribution >= 0.6 is 0 Å². The van der Waals surface area contributed by atoms with Crippen molar-refractivity contribution in [3.8, 4) is 6.07 Å². The van der Waals surface area contributed by atoms with Crippen molar-refractivity contribution in [2.45, 2.75) is 44.9 Å². The summed E-state index contributed by atoms with van der Waals surface area (Å²) in [6.07, 6.45) is 11.5. The van der Waals surface area contributed by atoms with Crippen molar-refractivity contribution in [3.63, 3.8) is 0 Å². The third-order valence-electron chi connectivity index (χ3n) is 4.96. The van der Waals surface area contributed by atoms with E-state index in [0.29, 0.717) is 11.1 Å². The Bertz CT molecular complexity index is 473. The molecule has 0 aromatic carbocycles. The zero-order chi connectivity index (χ0) is 13.1. The molecular formula is C16H21N3. The second kappa shape index (κ2) is 5.21. The van der Waals surface area contributed by atoms with Gasteiger partial charge in [-0.25, -0.2) is 4.98 Å². The lowest BCUT2D eigenvalue weighted by Crippen LogP contribution is -2.41. The van der Waals surface area contributed by atoms with Crippen molar-refractivity contribution in [2.24, 2.45) is 5.41 Å². The Balaban J connectivity index is 1.68. The number of piperidine rings is 1. The molecule has 19 heavy (non-hydrogen) atoms. The van der Waals surface area contributed by atoms with Gasteiger partial charge < -0.3 is 4.90 Å². The Morgan fingerprint density at radius 1 is 1.11 bits per heavy atom. The summed E-state index contributed by atoms with van der Waals surface area (Å²) < 4.78 is 0. The van der Waals surface area contributed by atoms with Crippen molar-refractivity contribution < 1.29 is 0 Å². The van der Waals surface area contributed by atoms with E-state index in [0.717, 1.165) is 18.8 Å². The smallest absolute Gasteiger partial charge is 0.142 e. The SMILES string of the molecule is N#Cc1cc(N2CCC3(CCCCC3)CC2)ccn1. The molecule has 0 bridgehead atoms. The van der Waals surface area contributed by atoms with Crippen LogP contribution in [0, 0.1) is 16.7 Å². The van der Waals surface area contributed by atoms with Crippen molar-refractivity contribution in [1.82, 2.24) is 4.98 Å². The molecule has 100 valence electrons. The van der Waals surface area contributed by atoms with Gasteiger partial charge in [-0.2, -0.15) is 5.26 Å². The van der Waals surface area contributed by atoms with Crippen LogP contribution in [-0.2, 0) is 0 Å². The molecule has 2 fully saturated rings. The predicted octanol–water partition coefficient (Wildman–Crippen LogP) is 3.50. The minimum atomic E-state index is 0.524. The van der Waals surface area contributed by atoms with E-state index in [9.17, 15) is 0 Å². The van der Waals surface area contributed by atoms with Gasteiger partial charge in [0.15, 0.2) is 0 Å². The third-order valence-corrected chi connectivity index (χ3v) is 4.96. The molecule has 0 atom stereocenters. The quantitative estimate of drug-likeness (QED) is 0.771. The van der Waals surface area contributed by atoms with E-state index < -0.39 is 0 Å². The molecule has 1 spiro atoms. The molecule has 1 aliphatic carbocycles. The van der Waals surface area contributed by atoms with Gasteiger partial charge in [0.1, 0.15) is 11.8 Å². The lowest BCUT2D eigenvalue weighted by molar-refractivity contribution is 0.144. The van der Waals surface area contributed by atoms with Crippen LogP contribution < -0.4 is 4.90 Å². The van der Waals surface area contributed by atoms with E-state index >= 15 is 0 Å². The first-order valence-electron chi connectivity index (χ1n) is 7.43. The molecule has 1 aromatic heterocycles. The zero-order valence-corrected chi connectivity index (χ0v) is 11.4. The van der Waals surface area contributed by atoms with E-state index in [-0.39, 0.29) is 0 Å². The summed E-state index contributed by atoms with van der Waals surface area (Å²) in [5.41, 5.74) is 2.33. The minimum Gasteiger partial charge on any atom is -0.371 e. The van der Waals surface area contributed by atoms with Crippen molar-refractivity contribution in [3.05, 3.63) is 24.0 Å². The Labute approximate surface area is 115 Å². The molecular weight excluding hydrogens is 234 g/mol. The van der Waals surface area contributed by atoms with Gasteiger partial charge in [-0.1, -0.05) is 19.3 Å². The fraction of sp³-hybridized carbons (Fsp3) is 0.625. The number of nitrogens with zero attached hydrogens (tertiary/aromatic N) is 3. The topological polar surface area (TPSA) is 39.9 Å². The number of pyridine rings is 1. The van der Waals surface area contributed by atoms with Crippen molar-refractivity contribution in [2.75, 3.05) is 18.0 Å². The molecule has 1 aliphatic heterocycles. The van der Waals surface area contributed by atoms with Crippen LogP contribution in [-0.4, -0.2) is 18.1 Å². The predicted molar refractivity (Wildman–Crippen MR) is 75.9 cm³/mol. The summed E-state index contributed by atoms with van der Waals surface area (Å²) >= 11 is 0. The van der Waals surface area contributed by atoms with Gasteiger partial charge in [0, 0.05) is 25.0 Å². The van der Waals surface area contributed by atoms with Gasteiger partial charge in [-0.3, -0.25) is 0 Å². The molecule has 1 saturated heterocycles. The highest BCUT2D eigenvalue weighted by atomic mass is 15.1. The number of aromatic nitrogens is 1. The van der Waals surface area contributed by atoms with E-state index in [1.54, 1.807) is 6.20 Å². The third kappa shape index (κ3) is 2.58. The molecule has 1 saturated carbocycles. The summed E-state index contributed by atoms with van der Waals surface area (Å²) in [5, 5.41) is 8.93. The highest BCUT2D eigenvalue weighted by molar-refractivity contribution is 5.49. The highest BCUT2D eigenvalue weighted by Gasteiger charge is 2.35. The van der Waals surface area contributed by atoms with Gasteiger partial charge in [0.05, 0.1) is 0 Å². The highest BCUT2D eigenvalue weighted by Crippen LogP contribution is 2.45. The number of rotatable bonds is 1. The minimum absolute atomic E-state index is 0.524. The fourth-order valence-electron chi connectivity index (χ4n) is 3.72. The average Bonchev–Trinajstić information content (AvgIpc) is 2.49. The van der Waals surface area contributed by atoms with Gasteiger partial charge in [-0.15, -0.1) is 0 Å². The number of anilines is 1. The van der Waals surface area contributed by atoms with Crippen LogP contribution in [0.2, 0.25) is 0 Å². The van der Waals surface area contributed by atoms with Crippen LogP contribution in [0.5, 0.6) is 0 Å². The molecule has 2 aliphatic rings. The monoisotopic (exact) mass is 255 g/mol. The van der Waals surface area contributed by atoms with Crippen LogP contribution in [0.3, 0.4) is 0 Å². The Morgan fingerprint density at radius 2 is 1.84 bits per heavy atom. The van der Waals surface area contributed by atoms with Crippen LogP contribution in [0.15, 0.2) is 18.3 Å². The number of hydrogen-bond donors (Lipinski definition) is 0. The van der Waals surface area contributed by atoms with Crippen LogP contribution in [0.25, 0.3) is 0 Å². The molecule has 3 nitrogen and oxygen atoms in total. The summed E-state index contributed by atoms with van der Waals surface area (Å²) in [4.78, 5) is 6.47. The van der Waals surface area contributed by atoms with Crippen molar-refractivity contribution in [1.29, 1.82) is 5.26 Å². The molecule has 2 heterocycles. The van der Waals surface area contributed by atoms with E-state index in [1.165, 1.54) is 44.9 Å². The lowest BCUT2D eigenvalue weighted by Gasteiger charge is -2.45. The first kappa shape index (κ1) is 12.5. The Kier molecular flexibility index (Phi) is 3.42. The molecule has 3 heteroatoms. The summed E-state index contributed by atoms with van der Waals surface area (Å²) in [6.45, 7) is 2.27. The molecule has 0 amide bonds. The number of hydrogen-bond acceptors (Lipinski definition) is 3. The van der Waals surface area contributed by atoms with Gasteiger partial charge in [0.25, 0.3) is 0 Å². The van der Waals surface area contributed by atoms with Crippen molar-refractivity contribution >= 4 is 5.69 Å². The maximum atomic E-state index is 8.93. The van der Waals surface area contributed by atoms with E-state index in [2.05, 4.69) is 16.0 Å². The fourth-order valence-corrected chi connectivity index (χ4v) is 3.72. The Morgan fingerprint density at radius 3 is 2.53 bits per heavy atom. The van der Waals surface area contributed by atoms with E-state index in [4.69, 9.17) is 5.26 Å². The lowest BCUT2D eigenvalue weighted by atomic mass is 9.68. The molecule has 0 unspecified atom stereocenters. The van der Waals surface area contributed by atoms with Gasteiger partial charge >= 0.3 is 0 Å². The molecule has 1 aromatic rings. The average molecular weight is 255 g/mol. The summed E-state index contributed by atoms with van der Waals surface area (Å²) in [6, 6.07) is 6.07. The normalized spacial score (nSPS) is 22.2. The van der Waals surface area contributed by atoms with Crippen LogP contribution in [0.4, 0.5) is 5.69 Å². The maximum Gasteiger partial charge on any atom is 0.142 e. The second-order valence-electron chi connectivity index (χ2n) is 6.06. The maximum absolute atomic E-state index is 8.93. The molecule has 0 N–H and O–H groups in total. The first-order valence-corrected chi connectivity index (χ1v) is 7.43. The zero-order valence-electron chi connectivity index (χ0n) is 11.4. The molecule has 3 rings (SSSR count). The molecule has 0 radical (unpaired) electrons. The van der Waals surface area contributed by atoms with Gasteiger partial charge in [-0.05, 0) is 43.2 Å².